The van der Waals surface area contributed by atoms with Crippen LogP contribution in [-0.4, -0.2) is 0 Å². The molecule has 13 heavy (non-hydrogen) atoms. The molecule has 0 unspecified atom stereocenters. The highest BCUT2D eigenvalue weighted by Crippen LogP contribution is 2.22. The minimum atomic E-state index is 0.281. The zero-order chi connectivity index (χ0) is 10.1. The van der Waals surface area contributed by atoms with Crippen molar-refractivity contribution in [2.75, 3.05) is 0 Å². The summed E-state index contributed by atoms with van der Waals surface area (Å²) < 4.78 is 1.40. The van der Waals surface area contributed by atoms with E-state index < -0.39 is 0 Å². The van der Waals surface area contributed by atoms with Gasteiger partial charge in [-0.3, -0.25) is 0 Å². The summed E-state index contributed by atoms with van der Waals surface area (Å²) in [4.78, 5) is 1.47. The molecule has 1 heteroatoms. The molecule has 0 aromatic carbocycles. The molecule has 0 aliphatic heterocycles. The highest BCUT2D eigenvalue weighted by Gasteiger charge is 2.15. The molecular formula is C12H18S. The van der Waals surface area contributed by atoms with E-state index in [1.54, 1.807) is 0 Å². The summed E-state index contributed by atoms with van der Waals surface area (Å²) in [5.41, 5.74) is 0.281. The Labute approximate surface area is 84.6 Å². The second-order valence-corrected chi connectivity index (χ2v) is 5.34. The van der Waals surface area contributed by atoms with Crippen LogP contribution in [0.25, 0.3) is 12.2 Å². The van der Waals surface area contributed by atoms with Gasteiger partial charge in [-0.05, 0) is 30.5 Å². The van der Waals surface area contributed by atoms with Crippen molar-refractivity contribution in [3.05, 3.63) is 20.7 Å². The van der Waals surface area contributed by atoms with E-state index >= 15 is 0 Å². The van der Waals surface area contributed by atoms with Crippen molar-refractivity contribution in [1.82, 2.24) is 0 Å². The molecule has 0 nitrogen and oxygen atoms in total. The molecule has 0 aliphatic carbocycles. The van der Waals surface area contributed by atoms with E-state index in [4.69, 9.17) is 0 Å². The fraction of sp³-hybridized carbons (Fsp3) is 0.500. The van der Waals surface area contributed by atoms with E-state index in [0.717, 1.165) is 0 Å². The first-order valence-corrected chi connectivity index (χ1v) is 5.53. The van der Waals surface area contributed by atoms with Crippen molar-refractivity contribution in [3.63, 3.8) is 0 Å². The molecule has 1 aromatic rings. The van der Waals surface area contributed by atoms with Crippen LogP contribution in [0.3, 0.4) is 0 Å². The van der Waals surface area contributed by atoms with Gasteiger partial charge in [0.2, 0.25) is 0 Å². The lowest BCUT2D eigenvalue weighted by molar-refractivity contribution is 0.603. The molecule has 0 amide bonds. The highest BCUT2D eigenvalue weighted by molar-refractivity contribution is 7.10. The molecule has 0 saturated carbocycles. The second kappa shape index (κ2) is 3.67. The summed E-state index contributed by atoms with van der Waals surface area (Å²) in [6, 6.07) is 2.31. The van der Waals surface area contributed by atoms with Gasteiger partial charge < -0.3 is 0 Å². The van der Waals surface area contributed by atoms with Crippen molar-refractivity contribution in [1.29, 1.82) is 0 Å². The maximum absolute atomic E-state index is 2.31. The van der Waals surface area contributed by atoms with Gasteiger partial charge in [0, 0.05) is 9.41 Å². The van der Waals surface area contributed by atoms with Crippen LogP contribution >= 0.6 is 11.3 Å². The Balaban J connectivity index is 3.41. The van der Waals surface area contributed by atoms with Gasteiger partial charge in [0.25, 0.3) is 0 Å². The molecular weight excluding hydrogens is 176 g/mol. The van der Waals surface area contributed by atoms with Crippen LogP contribution in [-0.2, 0) is 5.41 Å². The quantitative estimate of drug-likeness (QED) is 0.595. The second-order valence-electron chi connectivity index (χ2n) is 4.26. The fourth-order valence-electron chi connectivity index (χ4n) is 1.24. The van der Waals surface area contributed by atoms with E-state index in [1.165, 1.54) is 14.6 Å². The minimum absolute atomic E-state index is 0.281. The van der Waals surface area contributed by atoms with Crippen molar-refractivity contribution in [2.24, 2.45) is 0 Å². The summed E-state index contributed by atoms with van der Waals surface area (Å²) >= 11 is 1.90. The number of hydrogen-bond donors (Lipinski definition) is 0. The largest absolute Gasteiger partial charge is 0.140 e. The highest BCUT2D eigenvalue weighted by atomic mass is 32.1. The Hall–Kier alpha value is -0.560. The Morgan fingerprint density at radius 3 is 2.08 bits per heavy atom. The van der Waals surface area contributed by atoms with Gasteiger partial charge in [-0.1, -0.05) is 32.9 Å². The third-order valence-electron chi connectivity index (χ3n) is 2.10. The Kier molecular flexibility index (Phi) is 2.97. The molecule has 0 saturated heterocycles. The van der Waals surface area contributed by atoms with Gasteiger partial charge in [-0.15, -0.1) is 11.3 Å². The molecule has 0 atom stereocenters. The molecule has 0 fully saturated rings. The van der Waals surface area contributed by atoms with Gasteiger partial charge in [0.05, 0.1) is 0 Å². The zero-order valence-corrected chi connectivity index (χ0v) is 9.96. The van der Waals surface area contributed by atoms with Gasteiger partial charge in [0.15, 0.2) is 0 Å². The average Bonchev–Trinajstić information content (AvgIpc) is 2.45. The maximum Gasteiger partial charge on any atom is 0.0299 e. The van der Waals surface area contributed by atoms with E-state index in [1.807, 2.05) is 11.3 Å². The Morgan fingerprint density at radius 2 is 1.77 bits per heavy atom. The molecule has 0 N–H and O–H groups in total. The van der Waals surface area contributed by atoms with Crippen molar-refractivity contribution in [3.8, 4) is 0 Å². The first-order chi connectivity index (χ1) is 5.99. The summed E-state index contributed by atoms with van der Waals surface area (Å²) in [5, 5.41) is 1.37. The van der Waals surface area contributed by atoms with Crippen LogP contribution in [0.4, 0.5) is 0 Å². The molecule has 1 rings (SSSR count). The van der Waals surface area contributed by atoms with Gasteiger partial charge in [-0.25, -0.2) is 0 Å². The fourth-order valence-corrected chi connectivity index (χ4v) is 2.38. The minimum Gasteiger partial charge on any atom is -0.140 e. The molecule has 72 valence electrons. The third-order valence-corrected chi connectivity index (χ3v) is 3.74. The van der Waals surface area contributed by atoms with Crippen LogP contribution in [0.2, 0.25) is 0 Å². The van der Waals surface area contributed by atoms with E-state index in [0.29, 0.717) is 0 Å². The SMILES string of the molecule is C/C=c1/cc(C(C)(C)C)s/c1=C/C. The number of hydrogen-bond acceptors (Lipinski definition) is 1. The lowest BCUT2D eigenvalue weighted by Gasteiger charge is -2.14. The van der Waals surface area contributed by atoms with Crippen molar-refractivity contribution in [2.45, 2.75) is 40.0 Å². The maximum atomic E-state index is 2.31. The summed E-state index contributed by atoms with van der Waals surface area (Å²) in [6.45, 7) is 11.0. The molecule has 0 aliphatic rings. The first-order valence-electron chi connectivity index (χ1n) is 4.72. The molecule has 1 heterocycles. The summed E-state index contributed by atoms with van der Waals surface area (Å²) in [7, 11) is 0. The molecule has 1 aromatic heterocycles. The van der Waals surface area contributed by atoms with Gasteiger partial charge in [0.1, 0.15) is 0 Å². The smallest absolute Gasteiger partial charge is 0.0299 e. The summed E-state index contributed by atoms with van der Waals surface area (Å²) in [6.07, 6.45) is 4.37. The molecule has 0 radical (unpaired) electrons. The van der Waals surface area contributed by atoms with Crippen molar-refractivity contribution >= 4 is 23.5 Å². The van der Waals surface area contributed by atoms with Crippen LogP contribution in [0.1, 0.15) is 39.5 Å². The van der Waals surface area contributed by atoms with Crippen LogP contribution in [0, 0.1) is 0 Å². The van der Waals surface area contributed by atoms with Crippen LogP contribution in [0.5, 0.6) is 0 Å². The predicted octanol–water partition coefficient (Wildman–Crippen LogP) is 2.65. The van der Waals surface area contributed by atoms with Crippen LogP contribution < -0.4 is 9.75 Å². The normalized spacial score (nSPS) is 15.5. The number of thiophene rings is 1. The van der Waals surface area contributed by atoms with Crippen LogP contribution in [0.15, 0.2) is 6.07 Å². The van der Waals surface area contributed by atoms with Gasteiger partial charge in [-0.2, -0.15) is 0 Å². The van der Waals surface area contributed by atoms with E-state index in [9.17, 15) is 0 Å². The molecule has 0 spiro atoms. The average molecular weight is 194 g/mol. The van der Waals surface area contributed by atoms with Crippen molar-refractivity contribution < 1.29 is 0 Å². The first kappa shape index (κ1) is 10.5. The lowest BCUT2D eigenvalue weighted by atomic mass is 9.95. The predicted molar refractivity (Wildman–Crippen MR) is 62.5 cm³/mol. The summed E-state index contributed by atoms with van der Waals surface area (Å²) in [5.74, 6) is 0. The standard InChI is InChI=1S/C12H18S/c1-6-9-8-11(12(3,4)5)13-10(9)7-2/h6-8H,1-5H3/b9-6-,10-7+. The topological polar surface area (TPSA) is 0 Å². The van der Waals surface area contributed by atoms with E-state index in [2.05, 4.69) is 52.8 Å². The van der Waals surface area contributed by atoms with Gasteiger partial charge >= 0.3 is 0 Å². The van der Waals surface area contributed by atoms with E-state index in [-0.39, 0.29) is 5.41 Å². The third kappa shape index (κ3) is 2.22. The monoisotopic (exact) mass is 194 g/mol. The lowest BCUT2D eigenvalue weighted by Crippen LogP contribution is -2.15. The zero-order valence-electron chi connectivity index (χ0n) is 9.14. The Morgan fingerprint density at radius 1 is 1.15 bits per heavy atom. The Bertz CT molecular complexity index is 356. The molecule has 0 bridgehead atoms. The number of rotatable bonds is 0.